The maximum absolute atomic E-state index is 9.59. The second-order valence-corrected chi connectivity index (χ2v) is 6.97. The van der Waals surface area contributed by atoms with Crippen LogP contribution in [0.5, 0.6) is 0 Å². The van der Waals surface area contributed by atoms with Gasteiger partial charge < -0.3 is 19.9 Å². The summed E-state index contributed by atoms with van der Waals surface area (Å²) in [6, 6.07) is 0. The average Bonchev–Trinajstić information content (AvgIpc) is 3.09. The second kappa shape index (κ2) is 8.72. The van der Waals surface area contributed by atoms with E-state index in [4.69, 9.17) is 9.47 Å². The molecular formula is C17H28N6O3. The minimum Gasteiger partial charge on any atom is -0.394 e. The van der Waals surface area contributed by atoms with Gasteiger partial charge in [-0.1, -0.05) is 13.8 Å². The van der Waals surface area contributed by atoms with Gasteiger partial charge in [0.25, 0.3) is 0 Å². The van der Waals surface area contributed by atoms with Gasteiger partial charge in [0.2, 0.25) is 0 Å². The van der Waals surface area contributed by atoms with Crippen molar-refractivity contribution in [1.82, 2.24) is 24.4 Å². The number of nitrogens with zero attached hydrogens (tertiary/aromatic N) is 5. The lowest BCUT2D eigenvalue weighted by Gasteiger charge is -2.37. The number of aliphatic hydroxyl groups is 1. The van der Waals surface area contributed by atoms with Crippen molar-refractivity contribution in [3.8, 4) is 0 Å². The summed E-state index contributed by atoms with van der Waals surface area (Å²) in [5.41, 5.74) is 1.45. The Kier molecular flexibility index (Phi) is 6.36. The molecule has 0 bridgehead atoms. The van der Waals surface area contributed by atoms with Crippen LogP contribution < -0.4 is 5.32 Å². The molecule has 0 aromatic carbocycles. The quantitative estimate of drug-likeness (QED) is 0.708. The molecule has 144 valence electrons. The molecule has 3 heterocycles. The lowest BCUT2D eigenvalue weighted by molar-refractivity contribution is -0.135. The number of hydrogen-bond acceptors (Lipinski definition) is 8. The van der Waals surface area contributed by atoms with Crippen LogP contribution in [-0.2, 0) is 9.47 Å². The Hall–Kier alpha value is -1.81. The van der Waals surface area contributed by atoms with Crippen molar-refractivity contribution in [2.75, 3.05) is 51.8 Å². The monoisotopic (exact) mass is 364 g/mol. The maximum Gasteiger partial charge on any atom is 0.167 e. The highest BCUT2D eigenvalue weighted by Crippen LogP contribution is 2.25. The predicted molar refractivity (Wildman–Crippen MR) is 98.0 cm³/mol. The summed E-state index contributed by atoms with van der Waals surface area (Å²) in [5, 5.41) is 12.9. The van der Waals surface area contributed by atoms with E-state index < -0.39 is 0 Å². The Bertz CT molecular complexity index is 707. The van der Waals surface area contributed by atoms with Crippen molar-refractivity contribution >= 4 is 17.0 Å². The van der Waals surface area contributed by atoms with Crippen molar-refractivity contribution in [2.24, 2.45) is 5.92 Å². The van der Waals surface area contributed by atoms with Crippen LogP contribution in [0.4, 0.5) is 5.82 Å². The fraction of sp³-hybridized carbons (Fsp3) is 0.706. The van der Waals surface area contributed by atoms with E-state index in [0.717, 1.165) is 30.1 Å². The highest BCUT2D eigenvalue weighted by atomic mass is 16.5. The minimum absolute atomic E-state index is 0.0250. The first kappa shape index (κ1) is 19.0. The largest absolute Gasteiger partial charge is 0.394 e. The van der Waals surface area contributed by atoms with Crippen LogP contribution in [0.3, 0.4) is 0 Å². The standard InChI is InChI=1S/C17H28N6O3/c1-12(2)6-18-16-15-17(20-10-19-16)23(11-21-15)14-8-22(4-5-25-3)7-13(9-24)26-14/h10-14,24H,4-9H2,1-3H3,(H,18,19,20)/t13-,14+/m0/s1. The number of nitrogens with one attached hydrogen (secondary N) is 1. The molecule has 9 nitrogen and oxygen atoms in total. The van der Waals surface area contributed by atoms with Crippen molar-refractivity contribution in [3.63, 3.8) is 0 Å². The van der Waals surface area contributed by atoms with Crippen molar-refractivity contribution in [3.05, 3.63) is 12.7 Å². The molecule has 0 aliphatic carbocycles. The van der Waals surface area contributed by atoms with Gasteiger partial charge in [-0.2, -0.15) is 0 Å². The van der Waals surface area contributed by atoms with E-state index in [1.165, 1.54) is 6.33 Å². The van der Waals surface area contributed by atoms with Crippen LogP contribution in [0.2, 0.25) is 0 Å². The van der Waals surface area contributed by atoms with Crippen LogP contribution in [0.1, 0.15) is 20.1 Å². The fourth-order valence-electron chi connectivity index (χ4n) is 3.04. The maximum atomic E-state index is 9.59. The molecule has 0 radical (unpaired) electrons. The molecule has 1 aliphatic rings. The SMILES string of the molecule is COCCN1C[C@@H](CO)O[C@@H](n2cnc3c(NCC(C)C)ncnc32)C1. The van der Waals surface area contributed by atoms with E-state index in [9.17, 15) is 5.11 Å². The third kappa shape index (κ3) is 4.29. The number of morpholine rings is 1. The number of imidazole rings is 1. The van der Waals surface area contributed by atoms with Crippen molar-refractivity contribution in [1.29, 1.82) is 0 Å². The van der Waals surface area contributed by atoms with Gasteiger partial charge in [-0.15, -0.1) is 0 Å². The van der Waals surface area contributed by atoms with Crippen LogP contribution in [0.15, 0.2) is 12.7 Å². The van der Waals surface area contributed by atoms with E-state index in [1.807, 2.05) is 4.57 Å². The van der Waals surface area contributed by atoms with Gasteiger partial charge in [0, 0.05) is 33.3 Å². The zero-order valence-electron chi connectivity index (χ0n) is 15.6. The Morgan fingerprint density at radius 3 is 2.92 bits per heavy atom. The predicted octanol–water partition coefficient (Wildman–Crippen LogP) is 0.732. The normalized spacial score (nSPS) is 21.6. The average molecular weight is 364 g/mol. The van der Waals surface area contributed by atoms with Gasteiger partial charge in [-0.05, 0) is 5.92 Å². The van der Waals surface area contributed by atoms with Gasteiger partial charge >= 0.3 is 0 Å². The number of anilines is 1. The number of aromatic nitrogens is 4. The summed E-state index contributed by atoms with van der Waals surface area (Å²) in [4.78, 5) is 15.4. The number of hydrogen-bond donors (Lipinski definition) is 2. The number of fused-ring (bicyclic) bond motifs is 1. The molecule has 26 heavy (non-hydrogen) atoms. The van der Waals surface area contributed by atoms with E-state index in [2.05, 4.69) is 39.0 Å². The summed E-state index contributed by atoms with van der Waals surface area (Å²) in [7, 11) is 1.69. The first-order chi connectivity index (χ1) is 12.6. The minimum atomic E-state index is -0.268. The Morgan fingerprint density at radius 1 is 1.35 bits per heavy atom. The summed E-state index contributed by atoms with van der Waals surface area (Å²) >= 11 is 0. The van der Waals surface area contributed by atoms with Gasteiger partial charge in [0.1, 0.15) is 12.6 Å². The number of aliphatic hydroxyl groups excluding tert-OH is 1. The van der Waals surface area contributed by atoms with E-state index in [0.29, 0.717) is 25.6 Å². The lowest BCUT2D eigenvalue weighted by atomic mass is 10.2. The molecule has 0 unspecified atom stereocenters. The van der Waals surface area contributed by atoms with Gasteiger partial charge in [0.15, 0.2) is 17.0 Å². The van der Waals surface area contributed by atoms with Crippen molar-refractivity contribution in [2.45, 2.75) is 26.2 Å². The molecule has 1 aliphatic heterocycles. The Balaban J connectivity index is 1.83. The number of ether oxygens (including phenoxy) is 2. The highest BCUT2D eigenvalue weighted by Gasteiger charge is 2.29. The number of rotatable bonds is 8. The van der Waals surface area contributed by atoms with Crippen LogP contribution in [0, 0.1) is 5.92 Å². The summed E-state index contributed by atoms with van der Waals surface area (Å²) in [5.74, 6) is 1.23. The van der Waals surface area contributed by atoms with Gasteiger partial charge in [-0.25, -0.2) is 15.0 Å². The molecule has 2 aromatic rings. The lowest BCUT2D eigenvalue weighted by Crippen LogP contribution is -2.48. The van der Waals surface area contributed by atoms with E-state index in [-0.39, 0.29) is 18.9 Å². The van der Waals surface area contributed by atoms with Crippen LogP contribution in [-0.4, -0.2) is 82.1 Å². The summed E-state index contributed by atoms with van der Waals surface area (Å²) < 4.78 is 13.1. The Labute approximate surface area is 153 Å². The molecule has 0 saturated carbocycles. The smallest absolute Gasteiger partial charge is 0.167 e. The topological polar surface area (TPSA) is 97.6 Å². The first-order valence-electron chi connectivity index (χ1n) is 9.01. The molecule has 2 N–H and O–H groups in total. The van der Waals surface area contributed by atoms with E-state index >= 15 is 0 Å². The molecule has 9 heteroatoms. The third-order valence-electron chi connectivity index (χ3n) is 4.39. The zero-order valence-corrected chi connectivity index (χ0v) is 15.6. The van der Waals surface area contributed by atoms with Crippen molar-refractivity contribution < 1.29 is 14.6 Å². The molecule has 0 spiro atoms. The molecule has 2 atom stereocenters. The van der Waals surface area contributed by atoms with E-state index in [1.54, 1.807) is 13.4 Å². The molecule has 1 saturated heterocycles. The second-order valence-electron chi connectivity index (χ2n) is 6.97. The van der Waals surface area contributed by atoms with Crippen LogP contribution >= 0.6 is 0 Å². The van der Waals surface area contributed by atoms with Gasteiger partial charge in [0.05, 0.1) is 25.6 Å². The first-order valence-corrected chi connectivity index (χ1v) is 9.01. The molecular weight excluding hydrogens is 336 g/mol. The van der Waals surface area contributed by atoms with Crippen LogP contribution in [0.25, 0.3) is 11.2 Å². The number of methoxy groups -OCH3 is 1. The summed E-state index contributed by atoms with van der Waals surface area (Å²) in [6.45, 7) is 7.87. The Morgan fingerprint density at radius 2 is 2.19 bits per heavy atom. The molecule has 2 aromatic heterocycles. The fourth-order valence-corrected chi connectivity index (χ4v) is 3.04. The zero-order chi connectivity index (χ0) is 18.5. The molecule has 0 amide bonds. The van der Waals surface area contributed by atoms with Gasteiger partial charge in [-0.3, -0.25) is 9.47 Å². The highest BCUT2D eigenvalue weighted by molar-refractivity contribution is 5.82. The summed E-state index contributed by atoms with van der Waals surface area (Å²) in [6.07, 6.45) is 2.76. The third-order valence-corrected chi connectivity index (χ3v) is 4.39. The molecule has 3 rings (SSSR count). The molecule has 1 fully saturated rings.